The molecule has 1 aliphatic carbocycles. The van der Waals surface area contributed by atoms with Gasteiger partial charge in [-0.3, -0.25) is 0 Å². The molecule has 0 spiro atoms. The van der Waals surface area contributed by atoms with Crippen LogP contribution < -0.4 is 10.6 Å². The lowest BCUT2D eigenvalue weighted by molar-refractivity contribution is 0.0697. The molecule has 0 radical (unpaired) electrons. The fourth-order valence-electron chi connectivity index (χ4n) is 2.37. The van der Waals surface area contributed by atoms with E-state index in [1.165, 1.54) is 25.3 Å². The number of hydrogen-bond acceptors (Lipinski definition) is 2. The molecule has 1 aromatic carbocycles. The smallest absolute Gasteiger partial charge is 0.337 e. The summed E-state index contributed by atoms with van der Waals surface area (Å²) in [6.07, 6.45) is 6.00. The lowest BCUT2D eigenvalue weighted by Gasteiger charge is -2.24. The Kier molecular flexibility index (Phi) is 5.20. The quantitative estimate of drug-likeness (QED) is 0.744. The molecule has 1 fully saturated rings. The van der Waals surface area contributed by atoms with Gasteiger partial charge in [0.2, 0.25) is 0 Å². The van der Waals surface area contributed by atoms with E-state index >= 15 is 0 Å². The van der Waals surface area contributed by atoms with Crippen molar-refractivity contribution in [3.63, 3.8) is 0 Å². The maximum Gasteiger partial charge on any atom is 0.337 e. The zero-order valence-electron chi connectivity index (χ0n) is 11.0. The summed E-state index contributed by atoms with van der Waals surface area (Å²) in [5, 5.41) is 16.0. The van der Waals surface area contributed by atoms with Crippen LogP contribution in [-0.4, -0.2) is 22.2 Å². The molecule has 1 aliphatic rings. The summed E-state index contributed by atoms with van der Waals surface area (Å²) in [6, 6.07) is 5.16. The largest absolute Gasteiger partial charge is 0.478 e. The van der Waals surface area contributed by atoms with E-state index in [-0.39, 0.29) is 10.6 Å². The first-order valence-electron chi connectivity index (χ1n) is 6.66. The molecule has 2 rings (SSSR count). The monoisotopic (exact) mass is 312 g/mol. The highest BCUT2D eigenvalue weighted by molar-refractivity contribution is 7.80. The molecule has 0 unspecified atom stereocenters. The number of benzene rings is 1. The fraction of sp³-hybridized carbons (Fsp3) is 0.429. The molecule has 0 amide bonds. The highest BCUT2D eigenvalue weighted by atomic mass is 35.5. The second-order valence-electron chi connectivity index (χ2n) is 4.93. The Hall–Kier alpha value is -1.33. The predicted octanol–water partition coefficient (Wildman–Crippen LogP) is 3.66. The minimum atomic E-state index is -1.05. The fourth-order valence-corrected chi connectivity index (χ4v) is 2.85. The second-order valence-corrected chi connectivity index (χ2v) is 5.75. The summed E-state index contributed by atoms with van der Waals surface area (Å²) < 4.78 is 0. The highest BCUT2D eigenvalue weighted by Gasteiger charge is 2.14. The van der Waals surface area contributed by atoms with E-state index in [1.54, 1.807) is 12.1 Å². The Bertz CT molecular complexity index is 516. The van der Waals surface area contributed by atoms with Crippen LogP contribution in [0.25, 0.3) is 0 Å². The zero-order valence-corrected chi connectivity index (χ0v) is 12.6. The van der Waals surface area contributed by atoms with Gasteiger partial charge < -0.3 is 15.7 Å². The molecule has 0 bridgehead atoms. The van der Waals surface area contributed by atoms with Crippen molar-refractivity contribution in [2.45, 2.75) is 38.1 Å². The van der Waals surface area contributed by atoms with Crippen molar-refractivity contribution in [3.05, 3.63) is 28.8 Å². The molecule has 1 aromatic rings. The van der Waals surface area contributed by atoms with Crippen molar-refractivity contribution in [1.29, 1.82) is 0 Å². The lowest BCUT2D eigenvalue weighted by atomic mass is 9.96. The van der Waals surface area contributed by atoms with Gasteiger partial charge in [-0.25, -0.2) is 4.79 Å². The first kappa shape index (κ1) is 15.1. The van der Waals surface area contributed by atoms with Crippen LogP contribution >= 0.6 is 23.8 Å². The van der Waals surface area contributed by atoms with Crippen LogP contribution in [0.15, 0.2) is 18.2 Å². The number of hydrogen-bond donors (Lipinski definition) is 3. The van der Waals surface area contributed by atoms with Crippen LogP contribution in [0.2, 0.25) is 5.02 Å². The van der Waals surface area contributed by atoms with E-state index in [9.17, 15) is 4.79 Å². The zero-order chi connectivity index (χ0) is 14.5. The number of rotatable bonds is 3. The van der Waals surface area contributed by atoms with Gasteiger partial charge in [-0.15, -0.1) is 0 Å². The van der Waals surface area contributed by atoms with Crippen molar-refractivity contribution in [2.24, 2.45) is 0 Å². The molecular weight excluding hydrogens is 296 g/mol. The van der Waals surface area contributed by atoms with E-state index in [1.807, 2.05) is 0 Å². The first-order chi connectivity index (χ1) is 9.56. The second kappa shape index (κ2) is 6.90. The normalized spacial score (nSPS) is 15.7. The third kappa shape index (κ3) is 4.08. The molecule has 0 saturated heterocycles. The summed E-state index contributed by atoms with van der Waals surface area (Å²) in [6.45, 7) is 0. The van der Waals surface area contributed by atoms with Crippen LogP contribution in [0.5, 0.6) is 0 Å². The summed E-state index contributed by atoms with van der Waals surface area (Å²) >= 11 is 11.1. The van der Waals surface area contributed by atoms with Gasteiger partial charge in [-0.1, -0.05) is 30.9 Å². The molecule has 20 heavy (non-hydrogen) atoms. The summed E-state index contributed by atoms with van der Waals surface area (Å²) in [5.41, 5.74) is 0.692. The van der Waals surface area contributed by atoms with Crippen LogP contribution in [0.3, 0.4) is 0 Å². The van der Waals surface area contributed by atoms with E-state index in [4.69, 9.17) is 28.9 Å². The summed E-state index contributed by atoms with van der Waals surface area (Å²) in [5.74, 6) is -1.05. The average molecular weight is 313 g/mol. The van der Waals surface area contributed by atoms with Gasteiger partial charge in [0.05, 0.1) is 10.6 Å². The van der Waals surface area contributed by atoms with Gasteiger partial charge in [0.25, 0.3) is 0 Å². The number of halogens is 1. The highest BCUT2D eigenvalue weighted by Crippen LogP contribution is 2.21. The van der Waals surface area contributed by atoms with Gasteiger partial charge >= 0.3 is 5.97 Å². The van der Waals surface area contributed by atoms with Crippen LogP contribution in [0.1, 0.15) is 42.5 Å². The Morgan fingerprint density at radius 3 is 2.65 bits per heavy atom. The molecule has 1 saturated carbocycles. The number of carbonyl (C=O) groups is 1. The van der Waals surface area contributed by atoms with Crippen LogP contribution in [0.4, 0.5) is 5.69 Å². The minimum absolute atomic E-state index is 0.0668. The molecule has 3 N–H and O–H groups in total. The number of carboxylic acid groups (broad SMARTS) is 1. The Morgan fingerprint density at radius 2 is 2.00 bits per heavy atom. The van der Waals surface area contributed by atoms with Crippen LogP contribution in [-0.2, 0) is 0 Å². The van der Waals surface area contributed by atoms with Crippen molar-refractivity contribution in [1.82, 2.24) is 5.32 Å². The maximum atomic E-state index is 11.0. The van der Waals surface area contributed by atoms with E-state index in [2.05, 4.69) is 10.6 Å². The third-order valence-corrected chi connectivity index (χ3v) is 3.94. The topological polar surface area (TPSA) is 61.4 Å². The third-order valence-electron chi connectivity index (χ3n) is 3.40. The van der Waals surface area contributed by atoms with Gasteiger partial charge in [-0.05, 0) is 43.3 Å². The standard InChI is InChI=1S/C14H17ClN2O2S/c15-12-7-6-10(8-11(12)13(18)19)17-14(20)16-9-4-2-1-3-5-9/h6-9H,1-5H2,(H,18,19)(H2,16,17,20). The summed E-state index contributed by atoms with van der Waals surface area (Å²) in [4.78, 5) is 11.0. The number of aromatic carboxylic acids is 1. The van der Waals surface area contributed by atoms with Crippen molar-refractivity contribution in [3.8, 4) is 0 Å². The van der Waals surface area contributed by atoms with Gasteiger partial charge in [0.15, 0.2) is 5.11 Å². The minimum Gasteiger partial charge on any atom is -0.478 e. The SMILES string of the molecule is O=C(O)c1cc(NC(=S)NC2CCCCC2)ccc1Cl. The van der Waals surface area contributed by atoms with Crippen LogP contribution in [0, 0.1) is 0 Å². The van der Waals surface area contributed by atoms with Crippen molar-refractivity contribution in [2.75, 3.05) is 5.32 Å². The number of carboxylic acids is 1. The number of thiocarbonyl (C=S) groups is 1. The Labute approximate surface area is 128 Å². The molecule has 0 heterocycles. The molecule has 0 aromatic heterocycles. The summed E-state index contributed by atoms with van der Waals surface area (Å²) in [7, 11) is 0. The molecule has 108 valence electrons. The molecule has 6 heteroatoms. The molecule has 4 nitrogen and oxygen atoms in total. The lowest BCUT2D eigenvalue weighted by Crippen LogP contribution is -2.38. The van der Waals surface area contributed by atoms with Crippen molar-refractivity contribution >= 4 is 40.6 Å². The first-order valence-corrected chi connectivity index (χ1v) is 7.45. The average Bonchev–Trinajstić information content (AvgIpc) is 2.41. The van der Waals surface area contributed by atoms with Gasteiger partial charge in [-0.2, -0.15) is 0 Å². The van der Waals surface area contributed by atoms with Gasteiger partial charge in [0, 0.05) is 11.7 Å². The van der Waals surface area contributed by atoms with E-state index in [0.29, 0.717) is 16.8 Å². The Balaban J connectivity index is 1.96. The molecule has 0 aliphatic heterocycles. The maximum absolute atomic E-state index is 11.0. The van der Waals surface area contributed by atoms with E-state index < -0.39 is 5.97 Å². The van der Waals surface area contributed by atoms with E-state index in [0.717, 1.165) is 12.8 Å². The molecular formula is C14H17ClN2O2S. The Morgan fingerprint density at radius 1 is 1.30 bits per heavy atom. The van der Waals surface area contributed by atoms with Gasteiger partial charge in [0.1, 0.15) is 0 Å². The number of nitrogens with one attached hydrogen (secondary N) is 2. The number of anilines is 1. The molecule has 0 atom stereocenters. The van der Waals surface area contributed by atoms with Crippen molar-refractivity contribution < 1.29 is 9.90 Å². The predicted molar refractivity (Wildman–Crippen MR) is 84.6 cm³/mol.